The summed E-state index contributed by atoms with van der Waals surface area (Å²) in [5.41, 5.74) is 2.40. The van der Waals surface area contributed by atoms with Crippen LogP contribution in [0.5, 0.6) is 0 Å². The van der Waals surface area contributed by atoms with Crippen molar-refractivity contribution in [3.05, 3.63) is 23.3 Å². The van der Waals surface area contributed by atoms with Crippen molar-refractivity contribution in [3.8, 4) is 0 Å². The highest BCUT2D eigenvalue weighted by atomic mass is 35.5. The van der Waals surface area contributed by atoms with Crippen molar-refractivity contribution < 1.29 is 5.11 Å². The second-order valence-corrected chi connectivity index (χ2v) is 3.12. The fourth-order valence-corrected chi connectivity index (χ4v) is 1.59. The van der Waals surface area contributed by atoms with Gasteiger partial charge in [-0.3, -0.25) is 0 Å². The molecule has 0 aromatic carbocycles. The smallest absolute Gasteiger partial charge is 0.153 e. The van der Waals surface area contributed by atoms with E-state index in [1.165, 1.54) is 18.4 Å². The van der Waals surface area contributed by atoms with E-state index >= 15 is 0 Å². The summed E-state index contributed by atoms with van der Waals surface area (Å²) in [5, 5.41) is 8.81. The summed E-state index contributed by atoms with van der Waals surface area (Å²) in [6.07, 6.45) is 6.46. The average Bonchev–Trinajstić information content (AvgIpc) is 2.17. The van der Waals surface area contributed by atoms with Crippen LogP contribution in [0.2, 0.25) is 0 Å². The highest BCUT2D eigenvalue weighted by Crippen LogP contribution is 2.17. The molecule has 0 atom stereocenters. The quantitative estimate of drug-likeness (QED) is 0.743. The van der Waals surface area contributed by atoms with Crippen LogP contribution in [0.15, 0.2) is 6.20 Å². The normalized spacial score (nSPS) is 14.5. The molecule has 1 aliphatic carbocycles. The molecule has 1 heterocycles. The Balaban J connectivity index is 0.000000845. The minimum Gasteiger partial charge on any atom is -0.388 e. The number of nitrogens with zero attached hydrogens (tertiary/aromatic N) is 2. The third-order valence-corrected chi connectivity index (χ3v) is 2.26. The monoisotopic (exact) mass is 200 g/mol. The molecule has 0 spiro atoms. The first-order valence-electron chi connectivity index (χ1n) is 4.34. The zero-order valence-corrected chi connectivity index (χ0v) is 8.18. The van der Waals surface area contributed by atoms with Crippen molar-refractivity contribution in [2.24, 2.45) is 0 Å². The average molecular weight is 201 g/mol. The minimum absolute atomic E-state index is 0. The van der Waals surface area contributed by atoms with E-state index in [9.17, 15) is 0 Å². The van der Waals surface area contributed by atoms with E-state index in [4.69, 9.17) is 5.11 Å². The van der Waals surface area contributed by atoms with Gasteiger partial charge in [0.1, 0.15) is 6.61 Å². The Hall–Kier alpha value is -0.670. The van der Waals surface area contributed by atoms with Crippen LogP contribution in [0.4, 0.5) is 0 Å². The molecule has 0 unspecified atom stereocenters. The fourth-order valence-electron chi connectivity index (χ4n) is 1.59. The van der Waals surface area contributed by atoms with Gasteiger partial charge in [-0.15, -0.1) is 12.4 Å². The molecule has 0 radical (unpaired) electrons. The van der Waals surface area contributed by atoms with Crippen molar-refractivity contribution in [3.63, 3.8) is 0 Å². The van der Waals surface area contributed by atoms with Crippen molar-refractivity contribution in [1.82, 2.24) is 9.97 Å². The number of halogens is 1. The molecule has 72 valence electrons. The predicted molar refractivity (Wildman–Crippen MR) is 51.8 cm³/mol. The largest absolute Gasteiger partial charge is 0.388 e. The van der Waals surface area contributed by atoms with Crippen molar-refractivity contribution >= 4 is 12.4 Å². The molecule has 3 nitrogen and oxygen atoms in total. The van der Waals surface area contributed by atoms with E-state index in [0.717, 1.165) is 18.5 Å². The number of aliphatic hydroxyl groups is 1. The molecule has 0 aliphatic heterocycles. The van der Waals surface area contributed by atoms with Gasteiger partial charge >= 0.3 is 0 Å². The van der Waals surface area contributed by atoms with E-state index in [1.807, 2.05) is 6.20 Å². The SMILES string of the molecule is Cl.OCc1ncc2c(n1)CCCC2. The van der Waals surface area contributed by atoms with Gasteiger partial charge in [-0.25, -0.2) is 9.97 Å². The number of aryl methyl sites for hydroxylation is 2. The molecule has 0 bridgehead atoms. The molecular formula is C9H13ClN2O. The third-order valence-electron chi connectivity index (χ3n) is 2.26. The van der Waals surface area contributed by atoms with Crippen molar-refractivity contribution in [2.75, 3.05) is 0 Å². The second-order valence-electron chi connectivity index (χ2n) is 3.12. The van der Waals surface area contributed by atoms with Crippen LogP contribution in [-0.4, -0.2) is 15.1 Å². The van der Waals surface area contributed by atoms with Gasteiger partial charge in [-0.2, -0.15) is 0 Å². The van der Waals surface area contributed by atoms with Gasteiger partial charge in [0.05, 0.1) is 0 Å². The highest BCUT2D eigenvalue weighted by molar-refractivity contribution is 5.85. The number of aliphatic hydroxyl groups excluding tert-OH is 1. The first-order valence-corrected chi connectivity index (χ1v) is 4.34. The topological polar surface area (TPSA) is 46.0 Å². The Morgan fingerprint density at radius 1 is 1.31 bits per heavy atom. The van der Waals surface area contributed by atoms with Crippen LogP contribution in [0.3, 0.4) is 0 Å². The van der Waals surface area contributed by atoms with E-state index in [-0.39, 0.29) is 19.0 Å². The summed E-state index contributed by atoms with van der Waals surface area (Å²) in [6, 6.07) is 0. The zero-order valence-electron chi connectivity index (χ0n) is 7.36. The van der Waals surface area contributed by atoms with Crippen molar-refractivity contribution in [2.45, 2.75) is 32.3 Å². The summed E-state index contributed by atoms with van der Waals surface area (Å²) >= 11 is 0. The molecule has 1 aliphatic rings. The zero-order chi connectivity index (χ0) is 8.39. The lowest BCUT2D eigenvalue weighted by atomic mass is 9.98. The fraction of sp³-hybridized carbons (Fsp3) is 0.556. The molecule has 2 rings (SSSR count). The highest BCUT2D eigenvalue weighted by Gasteiger charge is 2.10. The molecule has 1 aromatic heterocycles. The van der Waals surface area contributed by atoms with E-state index < -0.39 is 0 Å². The van der Waals surface area contributed by atoms with Gasteiger partial charge in [-0.1, -0.05) is 0 Å². The second kappa shape index (κ2) is 4.53. The van der Waals surface area contributed by atoms with E-state index in [0.29, 0.717) is 5.82 Å². The lowest BCUT2D eigenvalue weighted by Gasteiger charge is -2.13. The molecule has 4 heteroatoms. The van der Waals surface area contributed by atoms with Crippen LogP contribution in [0.25, 0.3) is 0 Å². The minimum atomic E-state index is -0.0483. The molecule has 1 N–H and O–H groups in total. The van der Waals surface area contributed by atoms with Crippen LogP contribution >= 0.6 is 12.4 Å². The Morgan fingerprint density at radius 2 is 2.08 bits per heavy atom. The van der Waals surface area contributed by atoms with Crippen LogP contribution < -0.4 is 0 Å². The molecule has 0 amide bonds. The number of hydrogen-bond acceptors (Lipinski definition) is 3. The van der Waals surface area contributed by atoms with Gasteiger partial charge in [0.25, 0.3) is 0 Å². The summed E-state index contributed by atoms with van der Waals surface area (Å²) in [6.45, 7) is -0.0483. The van der Waals surface area contributed by atoms with Crippen LogP contribution in [0.1, 0.15) is 29.9 Å². The van der Waals surface area contributed by atoms with E-state index in [1.54, 1.807) is 0 Å². The maximum atomic E-state index is 8.81. The summed E-state index contributed by atoms with van der Waals surface area (Å²) in [5.74, 6) is 0.552. The van der Waals surface area contributed by atoms with Gasteiger partial charge < -0.3 is 5.11 Å². The standard InChI is InChI=1S/C9H12N2O.ClH/c12-6-9-10-5-7-3-1-2-4-8(7)11-9;/h5,12H,1-4,6H2;1H. The number of fused-ring (bicyclic) bond motifs is 1. The Morgan fingerprint density at radius 3 is 2.85 bits per heavy atom. The summed E-state index contributed by atoms with van der Waals surface area (Å²) in [4.78, 5) is 8.32. The molecule has 0 fully saturated rings. The summed E-state index contributed by atoms with van der Waals surface area (Å²) < 4.78 is 0. The number of rotatable bonds is 1. The Bertz CT molecular complexity index is 291. The first kappa shape index (κ1) is 10.4. The van der Waals surface area contributed by atoms with Crippen molar-refractivity contribution in [1.29, 1.82) is 0 Å². The van der Waals surface area contributed by atoms with Gasteiger partial charge in [0.15, 0.2) is 5.82 Å². The number of aromatic nitrogens is 2. The maximum Gasteiger partial charge on any atom is 0.153 e. The van der Waals surface area contributed by atoms with Crippen LogP contribution in [-0.2, 0) is 19.4 Å². The van der Waals surface area contributed by atoms with Crippen LogP contribution in [0, 0.1) is 0 Å². The molecule has 1 aromatic rings. The molecule has 0 saturated carbocycles. The Kier molecular flexibility index (Phi) is 3.63. The summed E-state index contributed by atoms with van der Waals surface area (Å²) in [7, 11) is 0. The third kappa shape index (κ3) is 2.17. The Labute approximate surface area is 83.6 Å². The van der Waals surface area contributed by atoms with Gasteiger partial charge in [0.2, 0.25) is 0 Å². The lowest BCUT2D eigenvalue weighted by Crippen LogP contribution is -2.08. The molecular weight excluding hydrogens is 188 g/mol. The molecule has 0 saturated heterocycles. The maximum absolute atomic E-state index is 8.81. The van der Waals surface area contributed by atoms with Gasteiger partial charge in [0, 0.05) is 11.9 Å². The van der Waals surface area contributed by atoms with E-state index in [2.05, 4.69) is 9.97 Å². The number of hydrogen-bond donors (Lipinski definition) is 1. The first-order chi connectivity index (χ1) is 5.90. The lowest BCUT2D eigenvalue weighted by molar-refractivity contribution is 0.270. The predicted octanol–water partition coefficient (Wildman–Crippen LogP) is 1.27. The molecule has 13 heavy (non-hydrogen) atoms. The van der Waals surface area contributed by atoms with Gasteiger partial charge in [-0.05, 0) is 31.2 Å².